The Bertz CT molecular complexity index is 1130. The number of benzene rings is 1. The van der Waals surface area contributed by atoms with E-state index in [0.717, 1.165) is 44.8 Å². The van der Waals surface area contributed by atoms with Crippen molar-refractivity contribution in [1.29, 1.82) is 0 Å². The number of anilines is 1. The summed E-state index contributed by atoms with van der Waals surface area (Å²) in [6.45, 7) is 1.72. The fraction of sp³-hybridized carbons (Fsp3) is 0.476. The first-order valence-corrected chi connectivity index (χ1v) is 10.6. The molecule has 2 aliphatic rings. The van der Waals surface area contributed by atoms with E-state index in [1.54, 1.807) is 12.3 Å². The lowest BCUT2D eigenvalue weighted by atomic mass is 9.86. The fourth-order valence-electron chi connectivity index (χ4n) is 4.53. The van der Waals surface area contributed by atoms with Crippen LogP contribution in [0.15, 0.2) is 30.5 Å². The minimum absolute atomic E-state index is 0.101. The summed E-state index contributed by atoms with van der Waals surface area (Å²) < 4.78 is 40.3. The number of likely N-dealkylation sites (tertiary alicyclic amines) is 1. The average molecular weight is 448 g/mol. The monoisotopic (exact) mass is 448 g/mol. The number of hydrogen-bond donors (Lipinski definition) is 3. The van der Waals surface area contributed by atoms with Crippen LogP contribution in [-0.4, -0.2) is 66.2 Å². The molecule has 1 saturated heterocycles. The van der Waals surface area contributed by atoms with Gasteiger partial charge in [0.25, 0.3) is 0 Å². The SMILES string of the molecule is Oc1cc(C(F)(F)F)ccc1-c1nnc(N[C@@H]2CCCN([C@H]3CC[C@@H]3O)C2)n2nccc12. The highest BCUT2D eigenvalue weighted by atomic mass is 19.4. The normalized spacial score (nSPS) is 24.4. The molecule has 3 heterocycles. The number of aromatic nitrogens is 4. The number of phenols is 1. The molecule has 3 aromatic rings. The van der Waals surface area contributed by atoms with Crippen LogP contribution in [0.25, 0.3) is 16.8 Å². The van der Waals surface area contributed by atoms with Crippen molar-refractivity contribution in [3.63, 3.8) is 0 Å². The second-order valence-corrected chi connectivity index (χ2v) is 8.42. The third-order valence-corrected chi connectivity index (χ3v) is 6.37. The Labute approximate surface area is 181 Å². The smallest absolute Gasteiger partial charge is 0.416 e. The van der Waals surface area contributed by atoms with Gasteiger partial charge in [-0.15, -0.1) is 10.2 Å². The van der Waals surface area contributed by atoms with Gasteiger partial charge in [-0.05, 0) is 56.5 Å². The zero-order valence-electron chi connectivity index (χ0n) is 17.1. The molecular formula is C21H23F3N6O2. The van der Waals surface area contributed by atoms with Crippen molar-refractivity contribution in [2.75, 3.05) is 18.4 Å². The Morgan fingerprint density at radius 2 is 1.94 bits per heavy atom. The summed E-state index contributed by atoms with van der Waals surface area (Å²) in [4.78, 5) is 2.30. The van der Waals surface area contributed by atoms with E-state index in [1.807, 2.05) is 0 Å². The lowest BCUT2D eigenvalue weighted by Gasteiger charge is -2.45. The maximum atomic E-state index is 12.9. The fourth-order valence-corrected chi connectivity index (χ4v) is 4.53. The highest BCUT2D eigenvalue weighted by Gasteiger charge is 2.36. The van der Waals surface area contributed by atoms with E-state index in [4.69, 9.17) is 0 Å². The number of nitrogens with one attached hydrogen (secondary N) is 1. The van der Waals surface area contributed by atoms with Crippen molar-refractivity contribution < 1.29 is 23.4 Å². The molecule has 32 heavy (non-hydrogen) atoms. The van der Waals surface area contributed by atoms with Crippen LogP contribution in [0, 0.1) is 0 Å². The molecule has 2 aromatic heterocycles. The lowest BCUT2D eigenvalue weighted by molar-refractivity contribution is -0.137. The number of alkyl halides is 3. The van der Waals surface area contributed by atoms with E-state index in [2.05, 4.69) is 25.5 Å². The topological polar surface area (TPSA) is 98.8 Å². The minimum Gasteiger partial charge on any atom is -0.507 e. The number of rotatable bonds is 4. The van der Waals surface area contributed by atoms with Gasteiger partial charge in [0.2, 0.25) is 5.95 Å². The van der Waals surface area contributed by atoms with E-state index in [1.165, 1.54) is 10.6 Å². The standard InChI is InChI=1S/C21H23F3N6O2/c22-21(23,24)12-3-4-14(18(32)10-12)19-16-7-8-25-30(16)20(28-27-19)26-13-2-1-9-29(11-13)15-5-6-17(15)31/h3-4,7-8,10,13,15,17,31-32H,1-2,5-6,9,11H2,(H,26,28)/t13-,15+,17+/m1/s1. The number of nitrogens with zero attached hydrogens (tertiary/aromatic N) is 5. The van der Waals surface area contributed by atoms with E-state index in [0.29, 0.717) is 17.5 Å². The quantitative estimate of drug-likeness (QED) is 0.565. The molecule has 1 aliphatic heterocycles. The molecular weight excluding hydrogens is 425 g/mol. The molecule has 1 saturated carbocycles. The highest BCUT2D eigenvalue weighted by Crippen LogP contribution is 2.37. The van der Waals surface area contributed by atoms with Gasteiger partial charge in [-0.2, -0.15) is 22.8 Å². The summed E-state index contributed by atoms with van der Waals surface area (Å²) in [7, 11) is 0. The molecule has 8 nitrogen and oxygen atoms in total. The van der Waals surface area contributed by atoms with Gasteiger partial charge >= 0.3 is 6.18 Å². The zero-order valence-corrected chi connectivity index (χ0v) is 17.1. The second kappa shape index (κ2) is 7.89. The van der Waals surface area contributed by atoms with Gasteiger partial charge < -0.3 is 15.5 Å². The third-order valence-electron chi connectivity index (χ3n) is 6.37. The molecule has 3 atom stereocenters. The average Bonchev–Trinajstić information content (AvgIpc) is 3.23. The van der Waals surface area contributed by atoms with Crippen LogP contribution in [0.2, 0.25) is 0 Å². The van der Waals surface area contributed by atoms with Crippen molar-refractivity contribution in [1.82, 2.24) is 24.7 Å². The van der Waals surface area contributed by atoms with E-state index in [-0.39, 0.29) is 29.4 Å². The molecule has 2 fully saturated rings. The van der Waals surface area contributed by atoms with E-state index < -0.39 is 17.5 Å². The van der Waals surface area contributed by atoms with Crippen molar-refractivity contribution >= 4 is 11.5 Å². The summed E-state index contributed by atoms with van der Waals surface area (Å²) in [5.41, 5.74) is -0.0416. The van der Waals surface area contributed by atoms with Crippen LogP contribution in [-0.2, 0) is 6.18 Å². The molecule has 0 bridgehead atoms. The van der Waals surface area contributed by atoms with Crippen LogP contribution >= 0.6 is 0 Å². The van der Waals surface area contributed by atoms with Gasteiger partial charge in [-0.1, -0.05) is 0 Å². The van der Waals surface area contributed by atoms with Gasteiger partial charge in [-0.3, -0.25) is 4.90 Å². The van der Waals surface area contributed by atoms with Crippen molar-refractivity contribution in [3.8, 4) is 17.0 Å². The maximum Gasteiger partial charge on any atom is 0.416 e. The highest BCUT2D eigenvalue weighted by molar-refractivity contribution is 5.80. The lowest BCUT2D eigenvalue weighted by Crippen LogP contribution is -2.55. The van der Waals surface area contributed by atoms with Gasteiger partial charge in [0.1, 0.15) is 11.4 Å². The van der Waals surface area contributed by atoms with Crippen LogP contribution in [0.3, 0.4) is 0 Å². The van der Waals surface area contributed by atoms with E-state index in [9.17, 15) is 23.4 Å². The molecule has 5 rings (SSSR count). The van der Waals surface area contributed by atoms with Gasteiger partial charge in [0.15, 0.2) is 0 Å². The molecule has 170 valence electrons. The molecule has 0 spiro atoms. The molecule has 0 unspecified atom stereocenters. The van der Waals surface area contributed by atoms with Gasteiger partial charge in [0, 0.05) is 24.2 Å². The number of aliphatic hydroxyl groups is 1. The van der Waals surface area contributed by atoms with Crippen molar-refractivity contribution in [3.05, 3.63) is 36.0 Å². The van der Waals surface area contributed by atoms with Crippen LogP contribution < -0.4 is 5.32 Å². The van der Waals surface area contributed by atoms with Gasteiger partial charge in [0.05, 0.1) is 23.4 Å². The molecule has 0 amide bonds. The molecule has 11 heteroatoms. The molecule has 1 aromatic carbocycles. The summed E-state index contributed by atoms with van der Waals surface area (Å²) in [6.07, 6.45) is 0.512. The summed E-state index contributed by atoms with van der Waals surface area (Å²) >= 11 is 0. The number of aliphatic hydroxyl groups excluding tert-OH is 1. The largest absolute Gasteiger partial charge is 0.507 e. The zero-order chi connectivity index (χ0) is 22.5. The number of halogens is 3. The Hall–Kier alpha value is -2.92. The number of phenolic OH excluding ortho intramolecular Hbond substituents is 1. The molecule has 3 N–H and O–H groups in total. The Kier molecular flexibility index (Phi) is 5.17. The first-order valence-electron chi connectivity index (χ1n) is 10.6. The van der Waals surface area contributed by atoms with Gasteiger partial charge in [-0.25, -0.2) is 0 Å². The third kappa shape index (κ3) is 3.75. The Morgan fingerprint density at radius 3 is 2.62 bits per heavy atom. The number of piperidine rings is 1. The molecule has 1 aliphatic carbocycles. The predicted octanol–water partition coefficient (Wildman–Crippen LogP) is 2.92. The van der Waals surface area contributed by atoms with Crippen molar-refractivity contribution in [2.45, 2.75) is 50.0 Å². The Morgan fingerprint density at radius 1 is 1.09 bits per heavy atom. The van der Waals surface area contributed by atoms with Crippen molar-refractivity contribution in [2.24, 2.45) is 0 Å². The van der Waals surface area contributed by atoms with Crippen LogP contribution in [0.1, 0.15) is 31.2 Å². The minimum atomic E-state index is -4.55. The van der Waals surface area contributed by atoms with E-state index >= 15 is 0 Å². The summed E-state index contributed by atoms with van der Waals surface area (Å²) in [5, 5.41) is 36.3. The molecule has 0 radical (unpaired) electrons. The number of fused-ring (bicyclic) bond motifs is 1. The predicted molar refractivity (Wildman–Crippen MR) is 110 cm³/mol. The van der Waals surface area contributed by atoms with Crippen LogP contribution in [0.4, 0.5) is 19.1 Å². The number of aromatic hydroxyl groups is 1. The maximum absolute atomic E-state index is 12.9. The summed E-state index contributed by atoms with van der Waals surface area (Å²) in [6, 6.07) is 4.75. The second-order valence-electron chi connectivity index (χ2n) is 8.42. The number of hydrogen-bond acceptors (Lipinski definition) is 7. The van der Waals surface area contributed by atoms with Crippen LogP contribution in [0.5, 0.6) is 5.75 Å². The summed E-state index contributed by atoms with van der Waals surface area (Å²) in [5.74, 6) is -0.110. The first kappa shape index (κ1) is 21.0. The first-order chi connectivity index (χ1) is 15.3. The Balaban J connectivity index is 1.41.